The largest absolute Gasteiger partial charge is 0.481 e. The van der Waals surface area contributed by atoms with Gasteiger partial charge in [-0.15, -0.1) is 0 Å². The number of hydrogen-bond donors (Lipinski definition) is 3. The molecule has 2 aliphatic rings. The van der Waals surface area contributed by atoms with Gasteiger partial charge in [0, 0.05) is 40.3 Å². The molecule has 3 aromatic rings. The highest BCUT2D eigenvalue weighted by molar-refractivity contribution is 5.84. The Labute approximate surface area is 210 Å². The summed E-state index contributed by atoms with van der Waals surface area (Å²) in [5, 5.41) is 19.5. The molecule has 2 heterocycles. The highest BCUT2D eigenvalue weighted by Crippen LogP contribution is 2.46. The van der Waals surface area contributed by atoms with E-state index in [2.05, 4.69) is 0 Å². The number of anilines is 1. The fraction of sp³-hybridized carbons (Fsp3) is 0.259. The number of nitrogen functional groups attached to an aromatic ring is 1. The maximum absolute atomic E-state index is 14.4. The van der Waals surface area contributed by atoms with Crippen LogP contribution in [0.4, 0.5) is 18.9 Å². The average Bonchev–Trinajstić information content (AvgIpc) is 3.38. The van der Waals surface area contributed by atoms with Crippen molar-refractivity contribution in [2.75, 3.05) is 5.73 Å². The lowest BCUT2D eigenvalue weighted by Gasteiger charge is -2.36. The number of allylic oxidation sites excluding steroid dienone is 2. The van der Waals surface area contributed by atoms with E-state index in [0.717, 1.165) is 17.3 Å². The number of aromatic nitrogens is 1. The van der Waals surface area contributed by atoms with E-state index in [-0.39, 0.29) is 23.7 Å². The molecule has 1 aromatic heterocycles. The molecule has 1 aliphatic heterocycles. The molecule has 2 unspecified atom stereocenters. The molecule has 0 saturated carbocycles. The second-order valence-corrected chi connectivity index (χ2v) is 9.38. The van der Waals surface area contributed by atoms with Crippen molar-refractivity contribution in [3.63, 3.8) is 0 Å². The number of aliphatic carboxylic acids is 1. The minimum atomic E-state index is -4.88. The van der Waals surface area contributed by atoms with Gasteiger partial charge >= 0.3 is 12.1 Å². The molecular weight excluding hydrogens is 485 g/mol. The van der Waals surface area contributed by atoms with Gasteiger partial charge in [-0.1, -0.05) is 18.2 Å². The summed E-state index contributed by atoms with van der Waals surface area (Å²) in [5.41, 5.74) is 12.0. The van der Waals surface area contributed by atoms with E-state index in [0.29, 0.717) is 29.6 Å². The number of carboxylic acid groups (broad SMARTS) is 1. The SMILES string of the molecule is N#CC1(N)C=CC(c2ccc(N)cc2)=C(Oc2ccc3c(c2)cc2n3CC[C@H]2CC(=O)O)C1C(F)(F)F. The van der Waals surface area contributed by atoms with Gasteiger partial charge in [0.2, 0.25) is 0 Å². The van der Waals surface area contributed by atoms with E-state index in [1.54, 1.807) is 48.5 Å². The van der Waals surface area contributed by atoms with Gasteiger partial charge in [0.05, 0.1) is 12.5 Å². The molecule has 0 spiro atoms. The number of rotatable bonds is 5. The van der Waals surface area contributed by atoms with Crippen LogP contribution in [0.2, 0.25) is 0 Å². The van der Waals surface area contributed by atoms with Crippen LogP contribution in [-0.2, 0) is 11.3 Å². The smallest absolute Gasteiger partial charge is 0.401 e. The Bertz CT molecular complexity index is 1500. The van der Waals surface area contributed by atoms with Crippen LogP contribution in [0, 0.1) is 17.2 Å². The zero-order valence-corrected chi connectivity index (χ0v) is 19.5. The summed E-state index contributed by atoms with van der Waals surface area (Å²) in [5.74, 6) is -3.79. The van der Waals surface area contributed by atoms with Gasteiger partial charge in [0.15, 0.2) is 0 Å². The molecule has 10 heteroatoms. The summed E-state index contributed by atoms with van der Waals surface area (Å²) in [6.45, 7) is 0.655. The minimum Gasteiger partial charge on any atom is -0.481 e. The lowest BCUT2D eigenvalue weighted by molar-refractivity contribution is -0.178. The summed E-state index contributed by atoms with van der Waals surface area (Å²) in [6.07, 6.45) is -1.75. The monoisotopic (exact) mass is 508 g/mol. The molecule has 0 saturated heterocycles. The molecule has 3 atom stereocenters. The maximum Gasteiger partial charge on any atom is 0.401 e. The molecule has 0 amide bonds. The van der Waals surface area contributed by atoms with Crippen molar-refractivity contribution in [3.8, 4) is 11.8 Å². The number of ether oxygens (including phenoxy) is 1. The van der Waals surface area contributed by atoms with Crippen LogP contribution in [0.15, 0.2) is 66.4 Å². The zero-order valence-electron chi connectivity index (χ0n) is 19.5. The van der Waals surface area contributed by atoms with Crippen LogP contribution in [0.5, 0.6) is 5.75 Å². The van der Waals surface area contributed by atoms with Gasteiger partial charge < -0.3 is 25.9 Å². The number of halogens is 3. The van der Waals surface area contributed by atoms with Crippen molar-refractivity contribution < 1.29 is 27.8 Å². The predicted octanol–water partition coefficient (Wildman–Crippen LogP) is 4.94. The van der Waals surface area contributed by atoms with E-state index >= 15 is 0 Å². The van der Waals surface area contributed by atoms with Crippen molar-refractivity contribution in [1.29, 1.82) is 5.26 Å². The standard InChI is InChI=1S/C27H23F3N4O3/c28-27(29,30)25-24(20(7-9-26(25,33)14-31)15-1-3-18(32)4-2-15)37-19-5-6-21-17(11-19)12-22-16(13-23(35)36)8-10-34(21)22/h1-7,9,11-12,16,25H,8,10,13,32-33H2,(H,35,36)/t16-,25?,26?/m0/s1. The summed E-state index contributed by atoms with van der Waals surface area (Å²) in [7, 11) is 0. The molecule has 5 rings (SSSR count). The molecule has 0 radical (unpaired) electrons. The van der Waals surface area contributed by atoms with E-state index in [4.69, 9.17) is 16.2 Å². The average molecular weight is 509 g/mol. The number of fused-ring (bicyclic) bond motifs is 3. The van der Waals surface area contributed by atoms with Gasteiger partial charge in [-0.05, 0) is 54.5 Å². The number of nitrogens with two attached hydrogens (primary N) is 2. The third-order valence-corrected chi connectivity index (χ3v) is 6.95. The van der Waals surface area contributed by atoms with Gasteiger partial charge in [0.1, 0.15) is 23.0 Å². The number of nitriles is 1. The van der Waals surface area contributed by atoms with E-state index < -0.39 is 29.4 Å². The second kappa shape index (κ2) is 8.71. The van der Waals surface area contributed by atoms with E-state index in [1.165, 1.54) is 6.08 Å². The summed E-state index contributed by atoms with van der Waals surface area (Å²) >= 11 is 0. The Hall–Kier alpha value is -4.23. The lowest BCUT2D eigenvalue weighted by atomic mass is 9.77. The Morgan fingerprint density at radius 1 is 1.22 bits per heavy atom. The first-order chi connectivity index (χ1) is 17.5. The number of aryl methyl sites for hydroxylation is 1. The fourth-order valence-corrected chi connectivity index (χ4v) is 5.21. The summed E-state index contributed by atoms with van der Waals surface area (Å²) in [4.78, 5) is 11.2. The first kappa shape index (κ1) is 24.5. The lowest BCUT2D eigenvalue weighted by Crippen LogP contribution is -2.53. The molecule has 2 aromatic carbocycles. The summed E-state index contributed by atoms with van der Waals surface area (Å²) < 4.78 is 51.1. The number of alkyl halides is 3. The van der Waals surface area contributed by atoms with Gasteiger partial charge in [-0.3, -0.25) is 4.79 Å². The predicted molar refractivity (Wildman–Crippen MR) is 131 cm³/mol. The third-order valence-electron chi connectivity index (χ3n) is 6.95. The quantitative estimate of drug-likeness (QED) is 0.419. The normalized spacial score (nSPS) is 23.2. The van der Waals surface area contributed by atoms with Gasteiger partial charge in [0.25, 0.3) is 0 Å². The van der Waals surface area contributed by atoms with Crippen LogP contribution in [0.3, 0.4) is 0 Å². The number of carboxylic acids is 1. The van der Waals surface area contributed by atoms with E-state index in [1.807, 2.05) is 10.6 Å². The molecule has 1 aliphatic carbocycles. The van der Waals surface area contributed by atoms with E-state index in [9.17, 15) is 28.3 Å². The van der Waals surface area contributed by atoms with Crippen LogP contribution in [0.1, 0.15) is 30.0 Å². The molecule has 190 valence electrons. The number of nitrogens with zero attached hydrogens (tertiary/aromatic N) is 2. The molecule has 0 bridgehead atoms. The van der Waals surface area contributed by atoms with Crippen molar-refractivity contribution in [2.45, 2.75) is 37.0 Å². The van der Waals surface area contributed by atoms with Gasteiger partial charge in [-0.25, -0.2) is 0 Å². The third kappa shape index (κ3) is 4.32. The highest BCUT2D eigenvalue weighted by atomic mass is 19.4. The second-order valence-electron chi connectivity index (χ2n) is 9.38. The Balaban J connectivity index is 1.61. The highest BCUT2D eigenvalue weighted by Gasteiger charge is 2.56. The molecular formula is C27H23F3N4O3. The van der Waals surface area contributed by atoms with Crippen molar-refractivity contribution in [1.82, 2.24) is 4.57 Å². The molecule has 5 N–H and O–H groups in total. The first-order valence-corrected chi connectivity index (χ1v) is 11.6. The zero-order chi connectivity index (χ0) is 26.5. The topological polar surface area (TPSA) is 127 Å². The molecule has 0 fully saturated rings. The van der Waals surface area contributed by atoms with Crippen molar-refractivity contribution in [2.24, 2.45) is 11.7 Å². The van der Waals surface area contributed by atoms with Crippen LogP contribution < -0.4 is 16.2 Å². The van der Waals surface area contributed by atoms with Crippen molar-refractivity contribution >= 4 is 28.1 Å². The van der Waals surface area contributed by atoms with Crippen LogP contribution in [-0.4, -0.2) is 27.4 Å². The Kier molecular flexibility index (Phi) is 5.76. The Morgan fingerprint density at radius 3 is 2.59 bits per heavy atom. The van der Waals surface area contributed by atoms with Crippen LogP contribution in [0.25, 0.3) is 16.5 Å². The minimum absolute atomic E-state index is 0.00382. The van der Waals surface area contributed by atoms with Crippen LogP contribution >= 0.6 is 0 Å². The fourth-order valence-electron chi connectivity index (χ4n) is 5.21. The summed E-state index contributed by atoms with van der Waals surface area (Å²) in [6, 6.07) is 14.6. The number of carbonyl (C=O) groups is 1. The molecule has 37 heavy (non-hydrogen) atoms. The maximum atomic E-state index is 14.4. The van der Waals surface area contributed by atoms with Crippen molar-refractivity contribution in [3.05, 3.63) is 77.7 Å². The Morgan fingerprint density at radius 2 is 1.95 bits per heavy atom. The first-order valence-electron chi connectivity index (χ1n) is 11.6. The molecule has 7 nitrogen and oxygen atoms in total. The number of hydrogen-bond acceptors (Lipinski definition) is 5. The van der Waals surface area contributed by atoms with Gasteiger partial charge in [-0.2, -0.15) is 18.4 Å². The number of benzene rings is 2.